The summed E-state index contributed by atoms with van der Waals surface area (Å²) < 4.78 is 13.2. The van der Waals surface area contributed by atoms with E-state index in [2.05, 4.69) is 17.2 Å². The fourth-order valence-corrected chi connectivity index (χ4v) is 2.55. The third-order valence-corrected chi connectivity index (χ3v) is 3.68. The molecule has 1 N–H and O–H groups in total. The van der Waals surface area contributed by atoms with E-state index in [4.69, 9.17) is 11.6 Å². The van der Waals surface area contributed by atoms with Crippen molar-refractivity contribution in [3.05, 3.63) is 64.2 Å². The lowest BCUT2D eigenvalue weighted by atomic mass is 9.95. The molecule has 0 aliphatic heterocycles. The number of nitrogens with one attached hydrogen (secondary N) is 1. The Morgan fingerprint density at radius 1 is 1.35 bits per heavy atom. The molecule has 1 aromatic carbocycles. The highest BCUT2D eigenvalue weighted by Gasteiger charge is 2.15. The summed E-state index contributed by atoms with van der Waals surface area (Å²) in [5.74, 6) is -0.205. The van der Waals surface area contributed by atoms with Crippen LogP contribution in [-0.2, 0) is 6.42 Å². The molecule has 1 aromatic heterocycles. The molecule has 0 spiro atoms. The summed E-state index contributed by atoms with van der Waals surface area (Å²) in [6.07, 6.45) is 4.14. The van der Waals surface area contributed by atoms with Gasteiger partial charge in [-0.3, -0.25) is 4.98 Å². The molecular formula is C16H18ClFN2. The zero-order valence-corrected chi connectivity index (χ0v) is 12.4. The summed E-state index contributed by atoms with van der Waals surface area (Å²) in [5.41, 5.74) is 3.08. The molecule has 106 valence electrons. The van der Waals surface area contributed by atoms with E-state index in [0.29, 0.717) is 5.02 Å². The van der Waals surface area contributed by atoms with Crippen LogP contribution >= 0.6 is 11.6 Å². The summed E-state index contributed by atoms with van der Waals surface area (Å²) in [6, 6.07) is 6.94. The summed E-state index contributed by atoms with van der Waals surface area (Å²) in [5, 5.41) is 4.10. The van der Waals surface area contributed by atoms with Crippen LogP contribution in [0.3, 0.4) is 0 Å². The summed E-state index contributed by atoms with van der Waals surface area (Å²) in [4.78, 5) is 4.00. The van der Waals surface area contributed by atoms with Crippen molar-refractivity contribution in [1.82, 2.24) is 10.3 Å². The Morgan fingerprint density at radius 2 is 2.15 bits per heavy atom. The lowest BCUT2D eigenvalue weighted by Gasteiger charge is -2.21. The second-order valence-electron chi connectivity index (χ2n) is 4.78. The molecule has 0 radical (unpaired) electrons. The Hall–Kier alpha value is -1.45. The Kier molecular flexibility index (Phi) is 5.10. The van der Waals surface area contributed by atoms with Gasteiger partial charge in [-0.05, 0) is 54.8 Å². The van der Waals surface area contributed by atoms with E-state index in [-0.39, 0.29) is 11.9 Å². The van der Waals surface area contributed by atoms with Crippen LogP contribution in [0.1, 0.15) is 29.7 Å². The summed E-state index contributed by atoms with van der Waals surface area (Å²) in [7, 11) is 0. The second kappa shape index (κ2) is 6.82. The number of pyridine rings is 1. The normalized spacial score (nSPS) is 12.4. The largest absolute Gasteiger partial charge is 0.310 e. The van der Waals surface area contributed by atoms with E-state index in [1.165, 1.54) is 6.07 Å². The maximum atomic E-state index is 13.2. The molecule has 1 atom stereocenters. The zero-order valence-electron chi connectivity index (χ0n) is 11.7. The van der Waals surface area contributed by atoms with Gasteiger partial charge in [0.2, 0.25) is 0 Å². The third-order valence-electron chi connectivity index (χ3n) is 3.34. The van der Waals surface area contributed by atoms with Crippen LogP contribution in [0.25, 0.3) is 0 Å². The molecule has 0 aliphatic rings. The van der Waals surface area contributed by atoms with Gasteiger partial charge in [0.05, 0.1) is 5.02 Å². The SMILES string of the molecule is CCNC(Cc1ccncc1Cl)c1ccc(F)cc1C. The van der Waals surface area contributed by atoms with Gasteiger partial charge in [0.1, 0.15) is 5.82 Å². The predicted octanol–water partition coefficient (Wildman–Crippen LogP) is 4.08. The van der Waals surface area contributed by atoms with Crippen LogP contribution in [0, 0.1) is 12.7 Å². The van der Waals surface area contributed by atoms with Crippen molar-refractivity contribution in [3.8, 4) is 0 Å². The number of hydrogen-bond donors (Lipinski definition) is 1. The van der Waals surface area contributed by atoms with Crippen molar-refractivity contribution in [2.45, 2.75) is 26.3 Å². The van der Waals surface area contributed by atoms with Crippen molar-refractivity contribution in [2.24, 2.45) is 0 Å². The highest BCUT2D eigenvalue weighted by atomic mass is 35.5. The number of benzene rings is 1. The lowest BCUT2D eigenvalue weighted by Crippen LogP contribution is -2.24. The fraction of sp³-hybridized carbons (Fsp3) is 0.312. The molecule has 0 fully saturated rings. The van der Waals surface area contributed by atoms with Gasteiger partial charge >= 0.3 is 0 Å². The van der Waals surface area contributed by atoms with E-state index in [1.54, 1.807) is 18.5 Å². The molecular weight excluding hydrogens is 275 g/mol. The van der Waals surface area contributed by atoms with Gasteiger partial charge in [-0.2, -0.15) is 0 Å². The first-order valence-electron chi connectivity index (χ1n) is 6.69. The van der Waals surface area contributed by atoms with Crippen LogP contribution < -0.4 is 5.32 Å². The van der Waals surface area contributed by atoms with Gasteiger partial charge < -0.3 is 5.32 Å². The van der Waals surface area contributed by atoms with Gasteiger partial charge in [-0.15, -0.1) is 0 Å². The van der Waals surface area contributed by atoms with Crippen LogP contribution in [0.4, 0.5) is 4.39 Å². The number of hydrogen-bond acceptors (Lipinski definition) is 2. The molecule has 20 heavy (non-hydrogen) atoms. The van der Waals surface area contributed by atoms with Crippen molar-refractivity contribution in [1.29, 1.82) is 0 Å². The highest BCUT2D eigenvalue weighted by Crippen LogP contribution is 2.25. The molecule has 0 saturated carbocycles. The number of halogens is 2. The van der Waals surface area contributed by atoms with Crippen molar-refractivity contribution < 1.29 is 4.39 Å². The Labute approximate surface area is 124 Å². The number of likely N-dealkylation sites (N-methyl/N-ethyl adjacent to an activating group) is 1. The van der Waals surface area contributed by atoms with Crippen molar-refractivity contribution in [2.75, 3.05) is 6.54 Å². The topological polar surface area (TPSA) is 24.9 Å². The van der Waals surface area contributed by atoms with E-state index in [0.717, 1.165) is 29.7 Å². The first-order valence-corrected chi connectivity index (χ1v) is 7.07. The first kappa shape index (κ1) is 14.9. The highest BCUT2D eigenvalue weighted by molar-refractivity contribution is 6.31. The first-order chi connectivity index (χ1) is 9.61. The molecule has 1 unspecified atom stereocenters. The average Bonchev–Trinajstić information content (AvgIpc) is 2.41. The van der Waals surface area contributed by atoms with Gasteiger partial charge in [-0.1, -0.05) is 24.6 Å². The molecule has 2 rings (SSSR count). The van der Waals surface area contributed by atoms with E-state index < -0.39 is 0 Å². The molecule has 0 aliphatic carbocycles. The van der Waals surface area contributed by atoms with Crippen molar-refractivity contribution in [3.63, 3.8) is 0 Å². The predicted molar refractivity (Wildman–Crippen MR) is 80.5 cm³/mol. The van der Waals surface area contributed by atoms with Gasteiger partial charge in [0.15, 0.2) is 0 Å². The number of rotatable bonds is 5. The third kappa shape index (κ3) is 3.56. The van der Waals surface area contributed by atoms with E-state index in [1.807, 2.05) is 19.1 Å². The van der Waals surface area contributed by atoms with E-state index >= 15 is 0 Å². The monoisotopic (exact) mass is 292 g/mol. The maximum Gasteiger partial charge on any atom is 0.123 e. The van der Waals surface area contributed by atoms with Gasteiger partial charge in [0.25, 0.3) is 0 Å². The number of aryl methyl sites for hydroxylation is 1. The molecule has 0 saturated heterocycles. The fourth-order valence-electron chi connectivity index (χ4n) is 2.36. The van der Waals surface area contributed by atoms with Crippen LogP contribution in [-0.4, -0.2) is 11.5 Å². The lowest BCUT2D eigenvalue weighted by molar-refractivity contribution is 0.544. The maximum absolute atomic E-state index is 13.2. The molecule has 2 aromatic rings. The van der Waals surface area contributed by atoms with Crippen molar-refractivity contribution >= 4 is 11.6 Å². The average molecular weight is 293 g/mol. The quantitative estimate of drug-likeness (QED) is 0.898. The standard InChI is InChI=1S/C16H18ClFN2/c1-3-20-16(9-12-6-7-19-10-15(12)17)14-5-4-13(18)8-11(14)2/h4-8,10,16,20H,3,9H2,1-2H3. The second-order valence-corrected chi connectivity index (χ2v) is 5.19. The molecule has 0 bridgehead atoms. The minimum Gasteiger partial charge on any atom is -0.310 e. The summed E-state index contributed by atoms with van der Waals surface area (Å²) >= 11 is 6.17. The zero-order chi connectivity index (χ0) is 14.5. The number of aromatic nitrogens is 1. The molecule has 4 heteroatoms. The minimum atomic E-state index is -0.205. The molecule has 1 heterocycles. The Bertz CT molecular complexity index is 586. The number of nitrogens with zero attached hydrogens (tertiary/aromatic N) is 1. The van der Waals surface area contributed by atoms with Crippen LogP contribution in [0.5, 0.6) is 0 Å². The Balaban J connectivity index is 2.29. The van der Waals surface area contributed by atoms with Crippen LogP contribution in [0.2, 0.25) is 5.02 Å². The van der Waals surface area contributed by atoms with E-state index in [9.17, 15) is 4.39 Å². The molecule has 2 nitrogen and oxygen atoms in total. The van der Waals surface area contributed by atoms with Gasteiger partial charge in [0, 0.05) is 18.4 Å². The minimum absolute atomic E-state index is 0.112. The molecule has 0 amide bonds. The Morgan fingerprint density at radius 3 is 2.80 bits per heavy atom. The van der Waals surface area contributed by atoms with Gasteiger partial charge in [-0.25, -0.2) is 4.39 Å². The summed E-state index contributed by atoms with van der Waals surface area (Å²) in [6.45, 7) is 4.82. The van der Waals surface area contributed by atoms with Crippen LogP contribution in [0.15, 0.2) is 36.7 Å². The smallest absolute Gasteiger partial charge is 0.123 e.